The molecular weight excluding hydrogens is 543 g/mol. The van der Waals surface area contributed by atoms with Gasteiger partial charge in [0.15, 0.2) is 0 Å². The van der Waals surface area contributed by atoms with E-state index in [1.165, 1.54) is 16.4 Å². The monoisotopic (exact) mass is 580 g/mol. The van der Waals surface area contributed by atoms with Crippen molar-refractivity contribution >= 4 is 27.4 Å². The van der Waals surface area contributed by atoms with Crippen LogP contribution in [0.15, 0.2) is 65.6 Å². The second-order valence-corrected chi connectivity index (χ2v) is 13.4. The van der Waals surface area contributed by atoms with E-state index in [-0.39, 0.29) is 22.8 Å². The Labute approximate surface area is 241 Å². The number of carbonyl (C=O) groups is 1. The molecule has 1 fully saturated rings. The highest BCUT2D eigenvalue weighted by Crippen LogP contribution is 2.45. The van der Waals surface area contributed by atoms with Gasteiger partial charge in [0.1, 0.15) is 16.5 Å². The van der Waals surface area contributed by atoms with Crippen LogP contribution in [0.25, 0.3) is 11.1 Å². The van der Waals surface area contributed by atoms with Crippen LogP contribution in [0.1, 0.15) is 56.3 Å². The second-order valence-electron chi connectivity index (χ2n) is 11.5. The van der Waals surface area contributed by atoms with Crippen molar-refractivity contribution in [2.45, 2.75) is 56.9 Å². The average molecular weight is 581 g/mol. The third-order valence-electron chi connectivity index (χ3n) is 8.19. The summed E-state index contributed by atoms with van der Waals surface area (Å²) in [6, 6.07) is 16.6. The zero-order chi connectivity index (χ0) is 29.3. The van der Waals surface area contributed by atoms with Crippen molar-refractivity contribution in [3.8, 4) is 16.9 Å². The maximum atomic E-state index is 14.3. The van der Waals surface area contributed by atoms with E-state index < -0.39 is 27.4 Å². The van der Waals surface area contributed by atoms with Crippen molar-refractivity contribution in [2.24, 2.45) is 11.8 Å². The number of carboxylic acids is 1. The Kier molecular flexibility index (Phi) is 8.38. The summed E-state index contributed by atoms with van der Waals surface area (Å²) in [5, 5.41) is 9.56. The molecule has 1 N–H and O–H groups in total. The fourth-order valence-electron chi connectivity index (χ4n) is 5.98. The van der Waals surface area contributed by atoms with Crippen molar-refractivity contribution < 1.29 is 27.4 Å². The van der Waals surface area contributed by atoms with Crippen LogP contribution < -0.4 is 9.64 Å². The van der Waals surface area contributed by atoms with Crippen LogP contribution in [0, 0.1) is 17.7 Å². The van der Waals surface area contributed by atoms with Gasteiger partial charge < -0.3 is 14.7 Å². The lowest BCUT2D eigenvalue weighted by atomic mass is 9.83. The van der Waals surface area contributed by atoms with Gasteiger partial charge in [-0.3, -0.25) is 0 Å². The smallest absolute Gasteiger partial charge is 0.338 e. The number of hydrogen-bond acceptors (Lipinski definition) is 5. The van der Waals surface area contributed by atoms with E-state index >= 15 is 0 Å². The molecule has 1 aliphatic heterocycles. The third-order valence-corrected chi connectivity index (χ3v) is 10.1. The van der Waals surface area contributed by atoms with Crippen LogP contribution in [0.5, 0.6) is 5.75 Å². The molecule has 218 valence electrons. The van der Waals surface area contributed by atoms with E-state index in [4.69, 9.17) is 4.74 Å². The Morgan fingerprint density at radius 1 is 1.05 bits per heavy atom. The minimum absolute atomic E-state index is 0.107. The van der Waals surface area contributed by atoms with Gasteiger partial charge in [0.25, 0.3) is 0 Å². The van der Waals surface area contributed by atoms with E-state index in [9.17, 15) is 22.7 Å². The van der Waals surface area contributed by atoms with Gasteiger partial charge in [0.2, 0.25) is 10.0 Å². The molecule has 7 nitrogen and oxygen atoms in total. The number of para-hydroxylation sites is 1. The van der Waals surface area contributed by atoms with Crippen molar-refractivity contribution in [1.29, 1.82) is 0 Å². The van der Waals surface area contributed by atoms with Crippen molar-refractivity contribution in [3.05, 3.63) is 72.0 Å². The number of ether oxygens (including phenoxy) is 1. The lowest BCUT2D eigenvalue weighted by molar-refractivity contribution is 0.0692. The molecule has 1 atom stereocenters. The summed E-state index contributed by atoms with van der Waals surface area (Å²) < 4.78 is 50.8. The standard InChI is InChI=1S/C32H37FN2O5S/c1-21(2)20-40-30-18-28-31(17-25(30)23-14-15-27(33)26(16-23)32(36)37)41(38,39)34(3)29(22-10-6-4-7-11-22)19-35(28)24-12-8-5-9-13-24/h5,8-9,12-18,21-22,29H,4,6-7,10-11,19-20H2,1-3H3,(H,36,37)/t29-/m0/s1. The predicted octanol–water partition coefficient (Wildman–Crippen LogP) is 6.95. The van der Waals surface area contributed by atoms with Crippen molar-refractivity contribution in [3.63, 3.8) is 0 Å². The zero-order valence-electron chi connectivity index (χ0n) is 23.7. The molecule has 3 aromatic carbocycles. The van der Waals surface area contributed by atoms with Gasteiger partial charge >= 0.3 is 5.97 Å². The van der Waals surface area contributed by atoms with E-state index in [0.717, 1.165) is 43.9 Å². The number of halogens is 1. The van der Waals surface area contributed by atoms with E-state index in [2.05, 4.69) is 4.90 Å². The van der Waals surface area contributed by atoms with Crippen LogP contribution in [0.2, 0.25) is 0 Å². The molecule has 0 aromatic heterocycles. The van der Waals surface area contributed by atoms with Gasteiger partial charge in [-0.1, -0.05) is 57.4 Å². The first-order chi connectivity index (χ1) is 19.6. The van der Waals surface area contributed by atoms with Crippen LogP contribution in [-0.4, -0.2) is 50.0 Å². The SMILES string of the molecule is CC(C)COc1cc2c(cc1-c1ccc(F)c(C(=O)O)c1)S(=O)(=O)N(C)[C@H](C1CCCCC1)CN2c1ccccc1. The topological polar surface area (TPSA) is 87.1 Å². The van der Waals surface area contributed by atoms with Gasteiger partial charge in [0, 0.05) is 37.0 Å². The number of carboxylic acid groups (broad SMARTS) is 1. The van der Waals surface area contributed by atoms with Crippen LogP contribution in [-0.2, 0) is 10.0 Å². The summed E-state index contributed by atoms with van der Waals surface area (Å²) in [7, 11) is -2.30. The number of anilines is 2. The lowest BCUT2D eigenvalue weighted by Crippen LogP contribution is -2.46. The van der Waals surface area contributed by atoms with Gasteiger partial charge in [-0.25, -0.2) is 17.6 Å². The number of hydrogen-bond donors (Lipinski definition) is 1. The summed E-state index contributed by atoms with van der Waals surface area (Å²) in [5.74, 6) is -1.44. The molecule has 3 aromatic rings. The van der Waals surface area contributed by atoms with Crippen molar-refractivity contribution in [1.82, 2.24) is 4.31 Å². The minimum atomic E-state index is -3.96. The molecule has 0 unspecified atom stereocenters. The van der Waals surface area contributed by atoms with E-state index in [0.29, 0.717) is 35.7 Å². The molecule has 1 aliphatic carbocycles. The van der Waals surface area contributed by atoms with Gasteiger partial charge in [-0.05, 0) is 60.6 Å². The lowest BCUT2D eigenvalue weighted by Gasteiger charge is -2.36. The minimum Gasteiger partial charge on any atom is -0.493 e. The second kappa shape index (κ2) is 11.8. The first kappa shape index (κ1) is 29.1. The highest BCUT2D eigenvalue weighted by atomic mass is 32.2. The number of benzene rings is 3. The summed E-state index contributed by atoms with van der Waals surface area (Å²) in [6.45, 7) is 4.86. The maximum Gasteiger partial charge on any atom is 0.338 e. The first-order valence-corrected chi connectivity index (χ1v) is 15.7. The predicted molar refractivity (Wildman–Crippen MR) is 158 cm³/mol. The summed E-state index contributed by atoms with van der Waals surface area (Å²) in [4.78, 5) is 13.9. The van der Waals surface area contributed by atoms with E-state index in [1.54, 1.807) is 19.2 Å². The number of sulfonamides is 1. The van der Waals surface area contributed by atoms with Gasteiger partial charge in [-0.2, -0.15) is 4.31 Å². The number of aromatic carboxylic acids is 1. The van der Waals surface area contributed by atoms with E-state index in [1.807, 2.05) is 44.2 Å². The van der Waals surface area contributed by atoms with Gasteiger partial charge in [0.05, 0.1) is 17.9 Å². The Morgan fingerprint density at radius 2 is 1.76 bits per heavy atom. The summed E-state index contributed by atoms with van der Waals surface area (Å²) in [5.41, 5.74) is 1.65. The molecular formula is C32H37FN2O5S. The molecule has 0 radical (unpaired) electrons. The van der Waals surface area contributed by atoms with Crippen molar-refractivity contribution in [2.75, 3.05) is 25.1 Å². The molecule has 0 amide bonds. The Balaban J connectivity index is 1.75. The molecule has 5 rings (SSSR count). The molecule has 0 spiro atoms. The summed E-state index contributed by atoms with van der Waals surface area (Å²) >= 11 is 0. The number of fused-ring (bicyclic) bond motifs is 1. The third kappa shape index (κ3) is 5.83. The number of rotatable bonds is 7. The molecule has 41 heavy (non-hydrogen) atoms. The highest BCUT2D eigenvalue weighted by Gasteiger charge is 2.41. The van der Waals surface area contributed by atoms with Crippen LogP contribution in [0.3, 0.4) is 0 Å². The zero-order valence-corrected chi connectivity index (χ0v) is 24.5. The molecule has 1 heterocycles. The number of nitrogens with zero attached hydrogens (tertiary/aromatic N) is 2. The maximum absolute atomic E-state index is 14.3. The van der Waals surface area contributed by atoms with Crippen LogP contribution >= 0.6 is 0 Å². The largest absolute Gasteiger partial charge is 0.493 e. The molecule has 0 saturated heterocycles. The molecule has 2 aliphatic rings. The highest BCUT2D eigenvalue weighted by molar-refractivity contribution is 7.89. The molecule has 0 bridgehead atoms. The fraction of sp³-hybridized carbons (Fsp3) is 0.406. The quantitative estimate of drug-likeness (QED) is 0.326. The molecule has 1 saturated carbocycles. The Hall–Kier alpha value is -3.43. The first-order valence-electron chi connectivity index (χ1n) is 14.2. The van der Waals surface area contributed by atoms with Gasteiger partial charge in [-0.15, -0.1) is 0 Å². The normalized spacial score (nSPS) is 19.5. The fourth-order valence-corrected chi connectivity index (χ4v) is 7.58. The average Bonchev–Trinajstić information content (AvgIpc) is 3.04. The number of likely N-dealkylation sites (N-methyl/N-ethyl adjacent to an activating group) is 1. The molecule has 9 heteroatoms. The summed E-state index contributed by atoms with van der Waals surface area (Å²) in [6.07, 6.45) is 5.29. The Morgan fingerprint density at radius 3 is 2.41 bits per heavy atom. The van der Waals surface area contributed by atoms with Crippen LogP contribution in [0.4, 0.5) is 15.8 Å². The Bertz CT molecular complexity index is 1520.